The van der Waals surface area contributed by atoms with Crippen molar-refractivity contribution in [2.45, 2.75) is 13.5 Å². The van der Waals surface area contributed by atoms with E-state index in [2.05, 4.69) is 0 Å². The Bertz CT molecular complexity index is 550. The fraction of sp³-hybridized carbons (Fsp3) is 0.143. The molecule has 16 heavy (non-hydrogen) atoms. The third-order valence-corrected chi connectivity index (χ3v) is 2.22. The molecular formula is C14H14O2. The molecule has 0 bridgehead atoms. The zero-order chi connectivity index (χ0) is 13.9. The van der Waals surface area contributed by atoms with Crippen LogP contribution in [0.1, 0.15) is 15.2 Å². The number of aryl methyl sites for hydroxylation is 1. The topological polar surface area (TPSA) is 29.5 Å². The van der Waals surface area contributed by atoms with E-state index in [1.54, 1.807) is 6.07 Å². The zero-order valence-electron chi connectivity index (χ0n) is 11.7. The van der Waals surface area contributed by atoms with Crippen molar-refractivity contribution < 1.29 is 14.0 Å². The Morgan fingerprint density at radius 2 is 2.00 bits per heavy atom. The smallest absolute Gasteiger partial charge is 0.120 e. The van der Waals surface area contributed by atoms with Crippen LogP contribution >= 0.6 is 0 Å². The molecule has 0 aromatic heterocycles. The maximum atomic E-state index is 9.54. The summed E-state index contributed by atoms with van der Waals surface area (Å²) in [6.07, 6.45) is 0. The average Bonchev–Trinajstić information content (AvgIpc) is 2.37. The number of phenolic OH excluding ortho intramolecular Hbond substituents is 1. The van der Waals surface area contributed by atoms with Gasteiger partial charge in [-0.25, -0.2) is 0 Å². The van der Waals surface area contributed by atoms with Crippen molar-refractivity contribution in [3.8, 4) is 11.5 Å². The molecule has 0 radical (unpaired) electrons. The minimum absolute atomic E-state index is 0.0990. The van der Waals surface area contributed by atoms with Gasteiger partial charge in [0.15, 0.2) is 0 Å². The fourth-order valence-electron chi connectivity index (χ4n) is 1.35. The molecule has 1 N–H and O–H groups in total. The van der Waals surface area contributed by atoms with E-state index in [-0.39, 0.29) is 11.3 Å². The van der Waals surface area contributed by atoms with Crippen LogP contribution < -0.4 is 4.74 Å². The van der Waals surface area contributed by atoms with Crippen molar-refractivity contribution in [2.24, 2.45) is 0 Å². The van der Waals surface area contributed by atoms with Gasteiger partial charge in [0.2, 0.25) is 0 Å². The maximum absolute atomic E-state index is 9.54. The molecule has 2 aromatic carbocycles. The quantitative estimate of drug-likeness (QED) is 0.860. The van der Waals surface area contributed by atoms with E-state index in [1.165, 1.54) is 12.1 Å². The van der Waals surface area contributed by atoms with Gasteiger partial charge in [0.05, 0.1) is 0 Å². The van der Waals surface area contributed by atoms with Crippen LogP contribution in [0.25, 0.3) is 0 Å². The molecule has 0 atom stereocenters. The molecular weight excluding hydrogens is 200 g/mol. The Balaban J connectivity index is 2.14. The molecule has 0 fully saturated rings. The zero-order valence-corrected chi connectivity index (χ0v) is 8.68. The van der Waals surface area contributed by atoms with Crippen LogP contribution in [0.2, 0.25) is 0 Å². The SMILES string of the molecule is [3H]C([3H])([3H])c1cc(OCc2ccccc2)ccc1O. The van der Waals surface area contributed by atoms with Crippen LogP contribution in [-0.4, -0.2) is 5.11 Å². The summed E-state index contributed by atoms with van der Waals surface area (Å²) in [5.74, 6) is 0.180. The maximum Gasteiger partial charge on any atom is 0.120 e. The summed E-state index contributed by atoms with van der Waals surface area (Å²) < 4.78 is 27.5. The number of ether oxygens (including phenoxy) is 1. The third kappa shape index (κ3) is 2.54. The lowest BCUT2D eigenvalue weighted by atomic mass is 10.2. The van der Waals surface area contributed by atoms with Crippen LogP contribution in [0.3, 0.4) is 0 Å². The van der Waals surface area contributed by atoms with Crippen LogP contribution in [-0.2, 0) is 6.61 Å². The lowest BCUT2D eigenvalue weighted by Gasteiger charge is -2.07. The average molecular weight is 220 g/mol. The van der Waals surface area contributed by atoms with Crippen LogP contribution in [0.15, 0.2) is 48.5 Å². The predicted octanol–water partition coefficient (Wildman–Crippen LogP) is 3.28. The first-order valence-corrected chi connectivity index (χ1v) is 4.97. The molecule has 0 heterocycles. The molecule has 82 valence electrons. The molecule has 2 heteroatoms. The summed E-state index contributed by atoms with van der Waals surface area (Å²) in [6, 6.07) is 13.8. The first-order valence-electron chi connectivity index (χ1n) is 6.47. The largest absolute Gasteiger partial charge is 0.508 e. The van der Waals surface area contributed by atoms with Crippen molar-refractivity contribution in [3.05, 3.63) is 59.7 Å². The van der Waals surface area contributed by atoms with E-state index in [1.807, 2.05) is 30.3 Å². The van der Waals surface area contributed by atoms with Gasteiger partial charge >= 0.3 is 0 Å². The van der Waals surface area contributed by atoms with Crippen molar-refractivity contribution in [1.29, 1.82) is 0 Å². The minimum atomic E-state index is -2.35. The molecule has 0 spiro atoms. The Labute approximate surface area is 99.3 Å². The lowest BCUT2D eigenvalue weighted by molar-refractivity contribution is 0.305. The first kappa shape index (κ1) is 7.34. The molecule has 0 saturated carbocycles. The molecule has 0 unspecified atom stereocenters. The molecule has 0 amide bonds. The standard InChI is InChI=1S/C14H14O2/c1-11-9-13(7-8-14(11)15)16-10-12-5-3-2-4-6-12/h2-9,15H,10H2,1H3/i1T3. The van der Waals surface area contributed by atoms with Crippen molar-refractivity contribution in [3.63, 3.8) is 0 Å². The van der Waals surface area contributed by atoms with Crippen molar-refractivity contribution in [1.82, 2.24) is 0 Å². The summed E-state index contributed by atoms with van der Waals surface area (Å²) in [5.41, 5.74) is 0.893. The predicted molar refractivity (Wildman–Crippen MR) is 63.6 cm³/mol. The number of hydrogen-bond donors (Lipinski definition) is 1. The molecule has 2 aromatic rings. The summed E-state index contributed by atoms with van der Waals surface area (Å²) in [4.78, 5) is 0. The fourth-order valence-corrected chi connectivity index (χ4v) is 1.35. The number of rotatable bonds is 3. The van der Waals surface area contributed by atoms with Gasteiger partial charge in [-0.05, 0) is 36.2 Å². The van der Waals surface area contributed by atoms with Crippen LogP contribution in [0, 0.1) is 6.85 Å². The van der Waals surface area contributed by atoms with Crippen molar-refractivity contribution >= 4 is 0 Å². The molecule has 0 aliphatic heterocycles. The second kappa shape index (κ2) is 4.71. The monoisotopic (exact) mass is 220 g/mol. The minimum Gasteiger partial charge on any atom is -0.508 e. The van der Waals surface area contributed by atoms with E-state index in [0.717, 1.165) is 5.56 Å². The highest BCUT2D eigenvalue weighted by atomic mass is 16.5. The molecule has 2 rings (SSSR count). The van der Waals surface area contributed by atoms with Crippen LogP contribution in [0.5, 0.6) is 11.5 Å². The molecule has 0 aliphatic carbocycles. The van der Waals surface area contributed by atoms with Gasteiger partial charge in [0.25, 0.3) is 0 Å². The Hall–Kier alpha value is -1.96. The van der Waals surface area contributed by atoms with Gasteiger partial charge in [-0.15, -0.1) is 0 Å². The Morgan fingerprint density at radius 3 is 2.75 bits per heavy atom. The van der Waals surface area contributed by atoms with E-state index in [0.29, 0.717) is 12.4 Å². The van der Waals surface area contributed by atoms with Gasteiger partial charge in [0.1, 0.15) is 18.1 Å². The second-order valence-corrected chi connectivity index (χ2v) is 3.45. The highest BCUT2D eigenvalue weighted by Crippen LogP contribution is 2.22. The van der Waals surface area contributed by atoms with Gasteiger partial charge < -0.3 is 9.84 Å². The number of phenols is 1. The van der Waals surface area contributed by atoms with E-state index < -0.39 is 6.85 Å². The number of aromatic hydroxyl groups is 1. The summed E-state index contributed by atoms with van der Waals surface area (Å²) >= 11 is 0. The Kier molecular flexibility index (Phi) is 2.16. The van der Waals surface area contributed by atoms with Crippen LogP contribution in [0.4, 0.5) is 0 Å². The Morgan fingerprint density at radius 1 is 1.19 bits per heavy atom. The third-order valence-electron chi connectivity index (χ3n) is 2.22. The van der Waals surface area contributed by atoms with E-state index in [9.17, 15) is 5.11 Å². The highest BCUT2D eigenvalue weighted by molar-refractivity contribution is 5.38. The lowest BCUT2D eigenvalue weighted by Crippen LogP contribution is -1.94. The van der Waals surface area contributed by atoms with E-state index in [4.69, 9.17) is 8.85 Å². The van der Waals surface area contributed by atoms with E-state index >= 15 is 0 Å². The summed E-state index contributed by atoms with van der Waals surface area (Å²) in [7, 11) is 0. The summed E-state index contributed by atoms with van der Waals surface area (Å²) in [6.45, 7) is -2.00. The molecule has 0 aliphatic rings. The van der Waals surface area contributed by atoms with Gasteiger partial charge in [-0.1, -0.05) is 30.3 Å². The van der Waals surface area contributed by atoms with Crippen molar-refractivity contribution in [2.75, 3.05) is 0 Å². The van der Waals surface area contributed by atoms with Gasteiger partial charge in [-0.2, -0.15) is 0 Å². The van der Waals surface area contributed by atoms with Gasteiger partial charge in [0, 0.05) is 4.11 Å². The molecule has 2 nitrogen and oxygen atoms in total. The highest BCUT2D eigenvalue weighted by Gasteiger charge is 1.99. The normalized spacial score (nSPS) is 13.6. The number of benzene rings is 2. The van der Waals surface area contributed by atoms with Gasteiger partial charge in [-0.3, -0.25) is 0 Å². The first-order chi connectivity index (χ1) is 8.97. The second-order valence-electron chi connectivity index (χ2n) is 3.45. The molecule has 0 saturated heterocycles. The number of hydrogen-bond acceptors (Lipinski definition) is 2. The summed E-state index contributed by atoms with van der Waals surface area (Å²) in [5, 5.41) is 9.54.